The summed E-state index contributed by atoms with van der Waals surface area (Å²) in [5.41, 5.74) is 2.67. The molecule has 9 nitrogen and oxygen atoms in total. The topological polar surface area (TPSA) is 128 Å². The Morgan fingerprint density at radius 1 is 0.971 bits per heavy atom. The lowest BCUT2D eigenvalue weighted by atomic mass is 10.0. The minimum Gasteiger partial charge on any atom is -0.348 e. The van der Waals surface area contributed by atoms with E-state index in [9.17, 15) is 25.0 Å². The molecule has 0 aliphatic rings. The van der Waals surface area contributed by atoms with Crippen LogP contribution in [0.2, 0.25) is 0 Å². The highest BCUT2D eigenvalue weighted by Gasteiger charge is 2.24. The molecule has 1 amide bonds. The average Bonchev–Trinajstić information content (AvgIpc) is 3.33. The van der Waals surface area contributed by atoms with Gasteiger partial charge in [-0.25, -0.2) is 4.98 Å². The number of rotatable bonds is 7. The van der Waals surface area contributed by atoms with Gasteiger partial charge in [0.25, 0.3) is 17.3 Å². The number of nitro groups is 2. The maximum atomic E-state index is 12.6. The molecular weight excluding hydrogens is 456 g/mol. The molecule has 0 fully saturated rings. The Kier molecular flexibility index (Phi) is 6.42. The van der Waals surface area contributed by atoms with Crippen molar-refractivity contribution in [3.8, 4) is 21.8 Å². The van der Waals surface area contributed by atoms with Crippen LogP contribution in [0.15, 0.2) is 72.1 Å². The third kappa shape index (κ3) is 4.81. The zero-order chi connectivity index (χ0) is 24.2. The lowest BCUT2D eigenvalue weighted by Gasteiger charge is -2.09. The molecule has 3 aromatic carbocycles. The summed E-state index contributed by atoms with van der Waals surface area (Å²) in [6.45, 7) is 1.55. The maximum absolute atomic E-state index is 12.6. The fourth-order valence-electron chi connectivity index (χ4n) is 3.41. The van der Waals surface area contributed by atoms with E-state index in [1.165, 1.54) is 18.3 Å². The highest BCUT2D eigenvalue weighted by atomic mass is 32.1. The molecule has 1 N–H and O–H groups in total. The van der Waals surface area contributed by atoms with Crippen LogP contribution in [0.4, 0.5) is 11.4 Å². The molecular formula is C24H18N4O5S. The molecule has 0 spiro atoms. The third-order valence-corrected chi connectivity index (χ3v) is 6.14. The monoisotopic (exact) mass is 474 g/mol. The van der Waals surface area contributed by atoms with Crippen LogP contribution in [-0.2, 0) is 6.54 Å². The smallest absolute Gasteiger partial charge is 0.279 e. The molecule has 10 heteroatoms. The number of carbonyl (C=O) groups is 1. The van der Waals surface area contributed by atoms with E-state index in [-0.39, 0.29) is 17.7 Å². The highest BCUT2D eigenvalue weighted by Crippen LogP contribution is 2.30. The van der Waals surface area contributed by atoms with Crippen molar-refractivity contribution in [1.29, 1.82) is 0 Å². The lowest BCUT2D eigenvalue weighted by Crippen LogP contribution is -2.24. The van der Waals surface area contributed by atoms with Crippen molar-refractivity contribution in [2.75, 3.05) is 0 Å². The van der Waals surface area contributed by atoms with E-state index in [0.717, 1.165) is 39.5 Å². The minimum absolute atomic E-state index is 0.0708. The van der Waals surface area contributed by atoms with E-state index in [1.807, 2.05) is 60.0 Å². The molecule has 0 saturated carbocycles. The second-order valence-corrected chi connectivity index (χ2v) is 8.29. The SMILES string of the molecule is Cc1c(C(=O)NCc2ccc(-c3nc(-c4ccccc4)cs3)cc2)cc([N+](=O)[O-])cc1[N+](=O)[O-]. The van der Waals surface area contributed by atoms with E-state index in [1.54, 1.807) is 0 Å². The summed E-state index contributed by atoms with van der Waals surface area (Å²) in [4.78, 5) is 38.2. The van der Waals surface area contributed by atoms with Gasteiger partial charge >= 0.3 is 0 Å². The zero-order valence-electron chi connectivity index (χ0n) is 17.9. The Morgan fingerprint density at radius 3 is 2.32 bits per heavy atom. The number of nitrogens with zero attached hydrogens (tertiary/aromatic N) is 3. The zero-order valence-corrected chi connectivity index (χ0v) is 18.7. The van der Waals surface area contributed by atoms with Gasteiger partial charge in [0.15, 0.2) is 0 Å². The molecule has 0 aliphatic carbocycles. The fourth-order valence-corrected chi connectivity index (χ4v) is 4.24. The van der Waals surface area contributed by atoms with Crippen LogP contribution in [-0.4, -0.2) is 20.7 Å². The summed E-state index contributed by atoms with van der Waals surface area (Å²) in [6, 6.07) is 19.3. The first-order chi connectivity index (χ1) is 16.3. The summed E-state index contributed by atoms with van der Waals surface area (Å²) >= 11 is 1.54. The average molecular weight is 474 g/mol. The molecule has 1 aromatic heterocycles. The van der Waals surface area contributed by atoms with Gasteiger partial charge in [0, 0.05) is 34.7 Å². The van der Waals surface area contributed by atoms with Gasteiger partial charge in [0.1, 0.15) is 5.01 Å². The second kappa shape index (κ2) is 9.59. The lowest BCUT2D eigenvalue weighted by molar-refractivity contribution is -0.394. The van der Waals surface area contributed by atoms with E-state index in [2.05, 4.69) is 10.3 Å². The molecule has 0 radical (unpaired) electrons. The first-order valence-corrected chi connectivity index (χ1v) is 11.0. The highest BCUT2D eigenvalue weighted by molar-refractivity contribution is 7.13. The predicted octanol–water partition coefficient (Wildman–Crippen LogP) is 5.53. The quantitative estimate of drug-likeness (QED) is 0.277. The number of carbonyl (C=O) groups excluding carboxylic acids is 1. The van der Waals surface area contributed by atoms with Crippen molar-refractivity contribution in [1.82, 2.24) is 10.3 Å². The number of aromatic nitrogens is 1. The van der Waals surface area contributed by atoms with Gasteiger partial charge < -0.3 is 5.32 Å². The van der Waals surface area contributed by atoms with Crippen LogP contribution in [0.1, 0.15) is 21.5 Å². The van der Waals surface area contributed by atoms with Crippen molar-refractivity contribution >= 4 is 28.6 Å². The Morgan fingerprint density at radius 2 is 1.68 bits per heavy atom. The number of non-ortho nitro benzene ring substituents is 1. The van der Waals surface area contributed by atoms with Gasteiger partial charge in [-0.15, -0.1) is 11.3 Å². The number of hydrogen-bond donors (Lipinski definition) is 1. The Hall–Kier alpha value is -4.44. The molecule has 1 heterocycles. The fraction of sp³-hybridized carbons (Fsp3) is 0.0833. The van der Waals surface area contributed by atoms with E-state index < -0.39 is 27.1 Å². The Bertz CT molecular complexity index is 1380. The second-order valence-electron chi connectivity index (χ2n) is 7.44. The van der Waals surface area contributed by atoms with E-state index in [0.29, 0.717) is 0 Å². The number of amides is 1. The number of hydrogen-bond acceptors (Lipinski definition) is 7. The maximum Gasteiger partial charge on any atom is 0.279 e. The van der Waals surface area contributed by atoms with Gasteiger partial charge in [-0.3, -0.25) is 25.0 Å². The first-order valence-electron chi connectivity index (χ1n) is 10.2. The summed E-state index contributed by atoms with van der Waals surface area (Å²) in [7, 11) is 0. The molecule has 4 rings (SSSR count). The van der Waals surface area contributed by atoms with Gasteiger partial charge in [-0.1, -0.05) is 54.6 Å². The normalized spacial score (nSPS) is 10.6. The Labute approximate surface area is 198 Å². The van der Waals surface area contributed by atoms with Crippen molar-refractivity contribution in [2.45, 2.75) is 13.5 Å². The van der Waals surface area contributed by atoms with Crippen LogP contribution in [0, 0.1) is 27.2 Å². The molecule has 0 unspecified atom stereocenters. The molecule has 0 saturated heterocycles. The number of thiazole rings is 1. The van der Waals surface area contributed by atoms with Crippen LogP contribution < -0.4 is 5.32 Å². The van der Waals surface area contributed by atoms with Gasteiger partial charge in [-0.2, -0.15) is 0 Å². The van der Waals surface area contributed by atoms with Gasteiger partial charge in [-0.05, 0) is 12.5 Å². The van der Waals surface area contributed by atoms with Gasteiger partial charge in [0.2, 0.25) is 0 Å². The molecule has 170 valence electrons. The molecule has 0 atom stereocenters. The molecule has 0 bridgehead atoms. The van der Waals surface area contributed by atoms with Crippen LogP contribution in [0.25, 0.3) is 21.8 Å². The minimum atomic E-state index is -0.760. The first kappa shape index (κ1) is 22.7. The van der Waals surface area contributed by atoms with Crippen molar-refractivity contribution in [3.05, 3.63) is 109 Å². The van der Waals surface area contributed by atoms with Crippen LogP contribution in [0.3, 0.4) is 0 Å². The molecule has 4 aromatic rings. The summed E-state index contributed by atoms with van der Waals surface area (Å²) < 4.78 is 0. The van der Waals surface area contributed by atoms with Crippen molar-refractivity contribution in [2.24, 2.45) is 0 Å². The number of benzene rings is 3. The number of nitro benzene ring substituents is 2. The predicted molar refractivity (Wildman–Crippen MR) is 129 cm³/mol. The van der Waals surface area contributed by atoms with E-state index in [4.69, 9.17) is 0 Å². The van der Waals surface area contributed by atoms with Crippen LogP contribution >= 0.6 is 11.3 Å². The van der Waals surface area contributed by atoms with Crippen LogP contribution in [0.5, 0.6) is 0 Å². The van der Waals surface area contributed by atoms with Crippen molar-refractivity contribution < 1.29 is 14.6 Å². The van der Waals surface area contributed by atoms with Crippen molar-refractivity contribution in [3.63, 3.8) is 0 Å². The summed E-state index contributed by atoms with van der Waals surface area (Å²) in [5, 5.41) is 27.9. The molecule has 34 heavy (non-hydrogen) atoms. The standard InChI is InChI=1S/C24H18N4O5S/c1-15-20(11-19(27(30)31)12-22(15)28(32)33)23(29)25-13-16-7-9-18(10-8-16)24-26-21(14-34-24)17-5-3-2-4-6-17/h2-12,14H,13H2,1H3,(H,25,29). The molecule has 0 aliphatic heterocycles. The Balaban J connectivity index is 1.47. The third-order valence-electron chi connectivity index (χ3n) is 5.24. The largest absolute Gasteiger partial charge is 0.348 e. The summed E-state index contributed by atoms with van der Waals surface area (Å²) in [5.74, 6) is -0.624. The van der Waals surface area contributed by atoms with Gasteiger partial charge in [0.05, 0.1) is 27.2 Å². The number of nitrogens with one attached hydrogen (secondary N) is 1. The summed E-state index contributed by atoms with van der Waals surface area (Å²) in [6.07, 6.45) is 0. The van der Waals surface area contributed by atoms with E-state index >= 15 is 0 Å².